The summed E-state index contributed by atoms with van der Waals surface area (Å²) in [5, 5.41) is 13.1. The quantitative estimate of drug-likeness (QED) is 0.193. The van der Waals surface area contributed by atoms with Crippen molar-refractivity contribution < 1.29 is 19.1 Å². The van der Waals surface area contributed by atoms with Gasteiger partial charge in [-0.25, -0.2) is 9.78 Å². The van der Waals surface area contributed by atoms with Gasteiger partial charge in [0, 0.05) is 11.6 Å². The lowest BCUT2D eigenvalue weighted by Gasteiger charge is -2.19. The monoisotopic (exact) mass is 440 g/mol. The minimum absolute atomic E-state index is 0.0358. The largest absolute Gasteiger partial charge is 0.618 e. The van der Waals surface area contributed by atoms with E-state index in [1.54, 1.807) is 66.7 Å². The zero-order chi connectivity index (χ0) is 23.6. The highest BCUT2D eigenvalue weighted by Gasteiger charge is 2.28. The molecule has 0 atom stereocenters. The molecule has 0 aliphatic carbocycles. The van der Waals surface area contributed by atoms with Crippen molar-refractivity contribution in [2.75, 3.05) is 0 Å². The molecule has 0 saturated heterocycles. The first-order chi connectivity index (χ1) is 15.8. The van der Waals surface area contributed by atoms with Crippen molar-refractivity contribution in [2.45, 2.75) is 32.8 Å². The second-order valence-corrected chi connectivity index (χ2v) is 8.79. The van der Waals surface area contributed by atoms with Crippen molar-refractivity contribution in [1.82, 2.24) is 4.98 Å². The molecule has 1 aromatic heterocycles. The Kier molecular flexibility index (Phi) is 5.92. The van der Waals surface area contributed by atoms with Crippen LogP contribution >= 0.6 is 0 Å². The second kappa shape index (κ2) is 8.82. The van der Waals surface area contributed by atoms with Gasteiger partial charge in [0.15, 0.2) is 5.69 Å². The standard InChI is InChI=1S/C27H24N2O4/c1-27(2,3)20-15-13-19(14-16-20)26(31)33-17-22-24(25(30)18-9-5-4-6-10-18)29(32)23-12-8-7-11-21(23)28-22/h4-16H,17H2,1-3H3. The maximum absolute atomic E-state index is 13.2. The molecule has 0 bridgehead atoms. The van der Waals surface area contributed by atoms with Crippen LogP contribution in [0.2, 0.25) is 0 Å². The highest BCUT2D eigenvalue weighted by Crippen LogP contribution is 2.23. The minimum Gasteiger partial charge on any atom is -0.618 e. The smallest absolute Gasteiger partial charge is 0.338 e. The maximum Gasteiger partial charge on any atom is 0.338 e. The van der Waals surface area contributed by atoms with Crippen molar-refractivity contribution in [3.63, 3.8) is 0 Å². The molecule has 166 valence electrons. The van der Waals surface area contributed by atoms with E-state index in [4.69, 9.17) is 4.74 Å². The first kappa shape index (κ1) is 22.1. The Morgan fingerprint density at radius 2 is 1.52 bits per heavy atom. The van der Waals surface area contributed by atoms with Gasteiger partial charge in [0.05, 0.1) is 5.56 Å². The Bertz CT molecular complexity index is 1320. The average molecular weight is 440 g/mol. The van der Waals surface area contributed by atoms with Crippen LogP contribution in [0.1, 0.15) is 58.4 Å². The number of para-hydroxylation sites is 2. The van der Waals surface area contributed by atoms with Crippen LogP contribution in [-0.4, -0.2) is 16.7 Å². The summed E-state index contributed by atoms with van der Waals surface area (Å²) in [5.41, 5.74) is 2.43. The van der Waals surface area contributed by atoms with Gasteiger partial charge in [-0.15, -0.1) is 0 Å². The van der Waals surface area contributed by atoms with E-state index in [0.29, 0.717) is 21.4 Å². The van der Waals surface area contributed by atoms with Crippen LogP contribution in [0.5, 0.6) is 0 Å². The Balaban J connectivity index is 1.67. The fourth-order valence-electron chi connectivity index (χ4n) is 3.54. The summed E-state index contributed by atoms with van der Waals surface area (Å²) in [6.45, 7) is 5.97. The van der Waals surface area contributed by atoms with E-state index in [1.165, 1.54) is 0 Å². The lowest BCUT2D eigenvalue weighted by atomic mass is 9.87. The van der Waals surface area contributed by atoms with Crippen molar-refractivity contribution in [1.29, 1.82) is 0 Å². The fourth-order valence-corrected chi connectivity index (χ4v) is 3.54. The number of carbonyl (C=O) groups is 2. The lowest BCUT2D eigenvalue weighted by molar-refractivity contribution is -0.580. The SMILES string of the molecule is CC(C)(C)c1ccc(C(=O)OCc2nc3ccccc3[n+]([O-])c2C(=O)c2ccccc2)cc1. The van der Waals surface area contributed by atoms with Crippen molar-refractivity contribution >= 4 is 22.8 Å². The van der Waals surface area contributed by atoms with Gasteiger partial charge in [0.1, 0.15) is 12.1 Å². The van der Waals surface area contributed by atoms with Crippen LogP contribution < -0.4 is 4.73 Å². The molecule has 0 radical (unpaired) electrons. The first-order valence-electron chi connectivity index (χ1n) is 10.6. The third kappa shape index (κ3) is 4.60. The summed E-state index contributed by atoms with van der Waals surface area (Å²) < 4.78 is 6.03. The molecule has 3 aromatic carbocycles. The highest BCUT2D eigenvalue weighted by atomic mass is 16.5. The van der Waals surface area contributed by atoms with Crippen molar-refractivity contribution in [3.8, 4) is 0 Å². The summed E-state index contributed by atoms with van der Waals surface area (Å²) in [6.07, 6.45) is 0. The molecule has 6 nitrogen and oxygen atoms in total. The van der Waals surface area contributed by atoms with E-state index in [9.17, 15) is 14.8 Å². The van der Waals surface area contributed by atoms with E-state index < -0.39 is 11.8 Å². The molecule has 1 heterocycles. The average Bonchev–Trinajstić information content (AvgIpc) is 2.82. The number of ether oxygens (including phenoxy) is 1. The molecule has 0 aliphatic heterocycles. The first-order valence-corrected chi connectivity index (χ1v) is 10.6. The topological polar surface area (TPSA) is 83.2 Å². The summed E-state index contributed by atoms with van der Waals surface area (Å²) in [5.74, 6) is -1.04. The van der Waals surface area contributed by atoms with Gasteiger partial charge in [-0.1, -0.05) is 75.4 Å². The number of fused-ring (bicyclic) bond motifs is 1. The van der Waals surface area contributed by atoms with E-state index >= 15 is 0 Å². The molecule has 0 unspecified atom stereocenters. The maximum atomic E-state index is 13.2. The number of nitrogens with zero attached hydrogens (tertiary/aromatic N) is 2. The number of ketones is 1. The van der Waals surface area contributed by atoms with Crippen LogP contribution in [0.3, 0.4) is 0 Å². The number of hydrogen-bond acceptors (Lipinski definition) is 5. The zero-order valence-corrected chi connectivity index (χ0v) is 18.7. The van der Waals surface area contributed by atoms with E-state index in [2.05, 4.69) is 25.8 Å². The highest BCUT2D eigenvalue weighted by molar-refractivity contribution is 6.07. The Hall–Kier alpha value is -4.06. The molecule has 0 amide bonds. The number of aromatic nitrogens is 2. The number of benzene rings is 3. The third-order valence-electron chi connectivity index (χ3n) is 5.41. The molecule has 4 rings (SSSR count). The summed E-state index contributed by atoms with van der Waals surface area (Å²) >= 11 is 0. The van der Waals surface area contributed by atoms with Crippen molar-refractivity contribution in [2.24, 2.45) is 0 Å². The normalized spacial score (nSPS) is 11.4. The number of esters is 1. The zero-order valence-electron chi connectivity index (χ0n) is 18.7. The third-order valence-corrected chi connectivity index (χ3v) is 5.41. The van der Waals surface area contributed by atoms with E-state index in [0.717, 1.165) is 5.56 Å². The van der Waals surface area contributed by atoms with Crippen LogP contribution in [-0.2, 0) is 16.8 Å². The molecule has 0 fully saturated rings. The fraction of sp³-hybridized carbons (Fsp3) is 0.185. The minimum atomic E-state index is -0.555. The van der Waals surface area contributed by atoms with Crippen LogP contribution in [0.4, 0.5) is 0 Å². The van der Waals surface area contributed by atoms with Gasteiger partial charge in [-0.2, -0.15) is 4.73 Å². The molecule has 4 aromatic rings. The van der Waals surface area contributed by atoms with Crippen LogP contribution in [0.25, 0.3) is 11.0 Å². The Morgan fingerprint density at radius 1 is 0.879 bits per heavy atom. The predicted molar refractivity (Wildman–Crippen MR) is 125 cm³/mol. The van der Waals surface area contributed by atoms with Gasteiger partial charge in [-0.05, 0) is 29.2 Å². The van der Waals surface area contributed by atoms with E-state index in [1.807, 2.05) is 12.1 Å². The van der Waals surface area contributed by atoms with Crippen LogP contribution in [0.15, 0.2) is 78.9 Å². The summed E-state index contributed by atoms with van der Waals surface area (Å²) in [7, 11) is 0. The molecule has 0 N–H and O–H groups in total. The van der Waals surface area contributed by atoms with E-state index in [-0.39, 0.29) is 28.9 Å². The molecule has 0 aliphatic rings. The van der Waals surface area contributed by atoms with Gasteiger partial charge in [-0.3, -0.25) is 4.79 Å². The predicted octanol–water partition coefficient (Wildman–Crippen LogP) is 4.75. The second-order valence-electron chi connectivity index (χ2n) is 8.79. The van der Waals surface area contributed by atoms with Crippen LogP contribution in [0, 0.1) is 5.21 Å². The number of carbonyl (C=O) groups excluding carboxylic acids is 2. The summed E-state index contributed by atoms with van der Waals surface area (Å²) in [4.78, 5) is 30.3. The Morgan fingerprint density at radius 3 is 2.18 bits per heavy atom. The molecular formula is C27H24N2O4. The van der Waals surface area contributed by atoms with Gasteiger partial charge < -0.3 is 9.94 Å². The molecular weight excluding hydrogens is 416 g/mol. The van der Waals surface area contributed by atoms with Crippen molar-refractivity contribution in [3.05, 3.63) is 112 Å². The summed E-state index contributed by atoms with van der Waals surface area (Å²) in [6, 6.07) is 22.4. The molecule has 0 spiro atoms. The molecule has 6 heteroatoms. The van der Waals surface area contributed by atoms with Gasteiger partial charge in [0.25, 0.3) is 11.5 Å². The Labute approximate surface area is 192 Å². The van der Waals surface area contributed by atoms with Gasteiger partial charge >= 0.3 is 5.97 Å². The number of hydrogen-bond donors (Lipinski definition) is 0. The lowest BCUT2D eigenvalue weighted by Crippen LogP contribution is -2.38. The van der Waals surface area contributed by atoms with Gasteiger partial charge in [0.2, 0.25) is 5.52 Å². The molecule has 0 saturated carbocycles. The number of rotatable bonds is 5. The molecule has 33 heavy (non-hydrogen) atoms.